The Kier molecular flexibility index (Phi) is 5.03. The van der Waals surface area contributed by atoms with Crippen molar-refractivity contribution in [2.75, 3.05) is 16.8 Å². The Balaban J connectivity index is 1.92. The van der Waals surface area contributed by atoms with Gasteiger partial charge in [0.2, 0.25) is 0 Å². The maximum Gasteiger partial charge on any atom is 0.310 e. The van der Waals surface area contributed by atoms with Crippen LogP contribution in [0, 0.1) is 18.7 Å². The van der Waals surface area contributed by atoms with Crippen LogP contribution in [0.5, 0.6) is 0 Å². The van der Waals surface area contributed by atoms with Crippen molar-refractivity contribution in [1.82, 2.24) is 0 Å². The van der Waals surface area contributed by atoms with Crippen LogP contribution in [-0.4, -0.2) is 37.9 Å². The molecule has 0 saturated carbocycles. The van der Waals surface area contributed by atoms with Crippen LogP contribution in [0.3, 0.4) is 0 Å². The van der Waals surface area contributed by atoms with Gasteiger partial charge in [-0.1, -0.05) is 6.07 Å². The van der Waals surface area contributed by atoms with Gasteiger partial charge >= 0.3 is 5.97 Å². The van der Waals surface area contributed by atoms with Crippen LogP contribution in [-0.2, 0) is 24.2 Å². The largest absolute Gasteiger partial charge is 0.452 e. The van der Waals surface area contributed by atoms with E-state index in [9.17, 15) is 22.4 Å². The van der Waals surface area contributed by atoms with Gasteiger partial charge in [-0.05, 0) is 38.0 Å². The van der Waals surface area contributed by atoms with Gasteiger partial charge < -0.3 is 10.1 Å². The molecule has 6 nitrogen and oxygen atoms in total. The van der Waals surface area contributed by atoms with Gasteiger partial charge in [0, 0.05) is 5.69 Å². The van der Waals surface area contributed by atoms with Gasteiger partial charge in [0.05, 0.1) is 17.4 Å². The first kappa shape index (κ1) is 17.4. The first-order valence-corrected chi connectivity index (χ1v) is 8.98. The third-order valence-corrected chi connectivity index (χ3v) is 5.44. The molecule has 1 aliphatic heterocycles. The number of esters is 1. The second-order valence-corrected chi connectivity index (χ2v) is 7.86. The van der Waals surface area contributed by atoms with Crippen molar-refractivity contribution >= 4 is 27.4 Å². The van der Waals surface area contributed by atoms with Gasteiger partial charge in [-0.2, -0.15) is 0 Å². The molecule has 0 unspecified atom stereocenters. The Bertz CT molecular complexity index is 731. The maximum atomic E-state index is 13.4. The van der Waals surface area contributed by atoms with Crippen molar-refractivity contribution in [3.05, 3.63) is 29.6 Å². The summed E-state index contributed by atoms with van der Waals surface area (Å²) in [5.74, 6) is -2.79. The summed E-state index contributed by atoms with van der Waals surface area (Å²) in [7, 11) is -3.20. The molecule has 0 radical (unpaired) electrons. The Labute approximate surface area is 133 Å². The molecular weight excluding hydrogens is 325 g/mol. The molecule has 1 heterocycles. The van der Waals surface area contributed by atoms with Gasteiger partial charge in [0.25, 0.3) is 5.91 Å². The number of aryl methyl sites for hydroxylation is 1. The van der Waals surface area contributed by atoms with E-state index in [1.807, 2.05) is 0 Å². The second kappa shape index (κ2) is 6.66. The lowest BCUT2D eigenvalue weighted by molar-refractivity contribution is -0.156. The molecule has 2 atom stereocenters. The molecular formula is C15H18FNO5S. The molecule has 0 aromatic heterocycles. The Morgan fingerprint density at radius 2 is 2.09 bits per heavy atom. The summed E-state index contributed by atoms with van der Waals surface area (Å²) in [6, 6.07) is 4.23. The summed E-state index contributed by atoms with van der Waals surface area (Å²) in [5.41, 5.74) is 0.703. The summed E-state index contributed by atoms with van der Waals surface area (Å²) >= 11 is 0. The molecule has 0 aliphatic carbocycles. The maximum absolute atomic E-state index is 13.4. The molecule has 1 amide bonds. The molecule has 1 aromatic carbocycles. The number of carbonyl (C=O) groups excluding carboxylic acids is 2. The van der Waals surface area contributed by atoms with Crippen molar-refractivity contribution < 1.29 is 27.1 Å². The van der Waals surface area contributed by atoms with Crippen molar-refractivity contribution in [2.45, 2.75) is 26.4 Å². The third kappa shape index (κ3) is 4.51. The summed E-state index contributed by atoms with van der Waals surface area (Å²) in [5, 5.41) is 2.45. The van der Waals surface area contributed by atoms with E-state index in [-0.39, 0.29) is 23.6 Å². The topological polar surface area (TPSA) is 89.5 Å². The predicted octanol–water partition coefficient (Wildman–Crippen LogP) is 1.44. The van der Waals surface area contributed by atoms with Gasteiger partial charge in [0.15, 0.2) is 15.9 Å². The van der Waals surface area contributed by atoms with E-state index in [0.717, 1.165) is 0 Å². The van der Waals surface area contributed by atoms with E-state index in [4.69, 9.17) is 4.74 Å². The molecule has 1 saturated heterocycles. The van der Waals surface area contributed by atoms with Crippen LogP contribution >= 0.6 is 0 Å². The van der Waals surface area contributed by atoms with Crippen molar-refractivity contribution in [3.63, 3.8) is 0 Å². The van der Waals surface area contributed by atoms with Gasteiger partial charge in [-0.3, -0.25) is 9.59 Å². The van der Waals surface area contributed by atoms with E-state index in [0.29, 0.717) is 5.56 Å². The Morgan fingerprint density at radius 3 is 2.65 bits per heavy atom. The number of nitrogens with one attached hydrogen (secondary N) is 1. The average Bonchev–Trinajstić information content (AvgIpc) is 2.83. The van der Waals surface area contributed by atoms with E-state index >= 15 is 0 Å². The van der Waals surface area contributed by atoms with Crippen LogP contribution in [0.15, 0.2) is 18.2 Å². The molecule has 126 valence electrons. The minimum atomic E-state index is -3.20. The fourth-order valence-corrected chi connectivity index (χ4v) is 3.95. The van der Waals surface area contributed by atoms with Crippen LogP contribution < -0.4 is 5.32 Å². The number of rotatable bonds is 4. The zero-order valence-electron chi connectivity index (χ0n) is 12.8. The van der Waals surface area contributed by atoms with Crippen LogP contribution in [0.4, 0.5) is 10.1 Å². The zero-order valence-corrected chi connectivity index (χ0v) is 13.7. The smallest absolute Gasteiger partial charge is 0.310 e. The Morgan fingerprint density at radius 1 is 1.39 bits per heavy atom. The number of hydrogen-bond donors (Lipinski definition) is 1. The standard InChI is InChI=1S/C15H18FNO5S/c1-9-3-4-12(7-13(9)16)17-14(18)10(2)22-15(19)11-5-6-23(20,21)8-11/h3-4,7,10-11H,5-6,8H2,1-2H3,(H,17,18)/t10-,11+/m1/s1. The molecule has 0 spiro atoms. The van der Waals surface area contributed by atoms with Crippen LogP contribution in [0.25, 0.3) is 0 Å². The number of anilines is 1. The first-order chi connectivity index (χ1) is 10.7. The lowest BCUT2D eigenvalue weighted by atomic mass is 10.1. The predicted molar refractivity (Wildman–Crippen MR) is 82.1 cm³/mol. The SMILES string of the molecule is Cc1ccc(NC(=O)[C@@H](C)OC(=O)[C@H]2CCS(=O)(=O)C2)cc1F. The quantitative estimate of drug-likeness (QED) is 0.836. The molecule has 2 rings (SSSR count). The van der Waals surface area contributed by atoms with E-state index in [1.54, 1.807) is 6.92 Å². The fourth-order valence-electron chi connectivity index (χ4n) is 2.22. The highest BCUT2D eigenvalue weighted by Gasteiger charge is 2.35. The van der Waals surface area contributed by atoms with Crippen LogP contribution in [0.1, 0.15) is 18.9 Å². The number of carbonyl (C=O) groups is 2. The molecule has 8 heteroatoms. The average molecular weight is 343 g/mol. The highest BCUT2D eigenvalue weighted by molar-refractivity contribution is 7.91. The normalized spacial score (nSPS) is 20.7. The number of halogens is 1. The molecule has 1 aliphatic rings. The van der Waals surface area contributed by atoms with Gasteiger partial charge in [0.1, 0.15) is 5.82 Å². The van der Waals surface area contributed by atoms with Crippen molar-refractivity contribution in [2.24, 2.45) is 5.92 Å². The monoisotopic (exact) mass is 343 g/mol. The summed E-state index contributed by atoms with van der Waals surface area (Å²) < 4.78 is 41.1. The molecule has 0 bridgehead atoms. The summed E-state index contributed by atoms with van der Waals surface area (Å²) in [6.07, 6.45) is -0.895. The molecule has 1 aromatic rings. The minimum absolute atomic E-state index is 0.0456. The number of sulfone groups is 1. The molecule has 1 fully saturated rings. The minimum Gasteiger partial charge on any atom is -0.452 e. The zero-order chi connectivity index (χ0) is 17.2. The van der Waals surface area contributed by atoms with Gasteiger partial charge in [-0.15, -0.1) is 0 Å². The molecule has 23 heavy (non-hydrogen) atoms. The number of benzene rings is 1. The first-order valence-electron chi connectivity index (χ1n) is 7.16. The van der Waals surface area contributed by atoms with Gasteiger partial charge in [-0.25, -0.2) is 12.8 Å². The lowest BCUT2D eigenvalue weighted by Gasteiger charge is -2.15. The van der Waals surface area contributed by atoms with E-state index in [2.05, 4.69) is 5.32 Å². The summed E-state index contributed by atoms with van der Waals surface area (Å²) in [6.45, 7) is 2.97. The third-order valence-electron chi connectivity index (χ3n) is 3.67. The summed E-state index contributed by atoms with van der Waals surface area (Å²) in [4.78, 5) is 23.8. The highest BCUT2D eigenvalue weighted by atomic mass is 32.2. The van der Waals surface area contributed by atoms with E-state index < -0.39 is 39.6 Å². The second-order valence-electron chi connectivity index (χ2n) is 5.63. The number of ether oxygens (including phenoxy) is 1. The van der Waals surface area contributed by atoms with Crippen LogP contribution in [0.2, 0.25) is 0 Å². The Hall–Kier alpha value is -1.96. The fraction of sp³-hybridized carbons (Fsp3) is 0.467. The number of amides is 1. The van der Waals surface area contributed by atoms with E-state index in [1.165, 1.54) is 25.1 Å². The van der Waals surface area contributed by atoms with Crippen molar-refractivity contribution in [3.8, 4) is 0 Å². The highest BCUT2D eigenvalue weighted by Crippen LogP contribution is 2.20. The lowest BCUT2D eigenvalue weighted by Crippen LogP contribution is -2.32. The van der Waals surface area contributed by atoms with Crippen molar-refractivity contribution in [1.29, 1.82) is 0 Å². The molecule has 1 N–H and O–H groups in total. The number of hydrogen-bond acceptors (Lipinski definition) is 5.